The summed E-state index contributed by atoms with van der Waals surface area (Å²) in [5.74, 6) is 1.48. The average Bonchev–Trinajstić information content (AvgIpc) is 2.40. The molecule has 1 N–H and O–H groups in total. The minimum Gasteiger partial charge on any atom is -0.490 e. The molecular weight excluding hydrogens is 245 g/mol. The number of benzene rings is 1. The number of hydrogen-bond donors (Lipinski definition) is 1. The fourth-order valence-electron chi connectivity index (χ4n) is 2.25. The summed E-state index contributed by atoms with van der Waals surface area (Å²) in [6, 6.07) is 6.80. The molecule has 0 amide bonds. The average molecular weight is 259 g/mol. The third-order valence-electron chi connectivity index (χ3n) is 3.12. The molecule has 0 unspecified atom stereocenters. The molecule has 2 aromatic rings. The first-order chi connectivity index (χ1) is 9.24. The van der Waals surface area contributed by atoms with Gasteiger partial charge in [0.1, 0.15) is 11.6 Å². The second-order valence-electron chi connectivity index (χ2n) is 4.48. The number of nitrogens with zero attached hydrogens (tertiary/aromatic N) is 2. The second-order valence-corrected chi connectivity index (χ2v) is 4.48. The molecule has 5 heteroatoms. The van der Waals surface area contributed by atoms with Crippen molar-refractivity contribution in [2.45, 2.75) is 19.4 Å². The van der Waals surface area contributed by atoms with Crippen molar-refractivity contribution >= 4 is 5.82 Å². The number of anilines is 1. The molecule has 0 fully saturated rings. The van der Waals surface area contributed by atoms with Gasteiger partial charge in [0.05, 0.1) is 12.6 Å². The summed E-state index contributed by atoms with van der Waals surface area (Å²) < 4.78 is 19.1. The zero-order valence-electron chi connectivity index (χ0n) is 10.6. The van der Waals surface area contributed by atoms with E-state index in [1.807, 2.05) is 13.0 Å². The SMILES string of the molecule is Cc1nccc(N[C@H]2CCOc3c(F)cccc32)n1. The highest BCUT2D eigenvalue weighted by molar-refractivity contribution is 5.44. The van der Waals surface area contributed by atoms with Crippen LogP contribution in [-0.2, 0) is 0 Å². The van der Waals surface area contributed by atoms with Crippen LogP contribution in [0.2, 0.25) is 0 Å². The first kappa shape index (κ1) is 11.9. The van der Waals surface area contributed by atoms with Gasteiger partial charge in [-0.2, -0.15) is 0 Å². The third-order valence-corrected chi connectivity index (χ3v) is 3.12. The van der Waals surface area contributed by atoms with E-state index in [1.165, 1.54) is 6.07 Å². The van der Waals surface area contributed by atoms with Crippen LogP contribution in [0.3, 0.4) is 0 Å². The fourth-order valence-corrected chi connectivity index (χ4v) is 2.25. The van der Waals surface area contributed by atoms with Crippen molar-refractivity contribution in [3.8, 4) is 5.75 Å². The number of fused-ring (bicyclic) bond motifs is 1. The molecule has 2 heterocycles. The van der Waals surface area contributed by atoms with Gasteiger partial charge in [0, 0.05) is 18.2 Å². The molecule has 1 aliphatic rings. The van der Waals surface area contributed by atoms with E-state index in [9.17, 15) is 4.39 Å². The Labute approximate surface area is 110 Å². The Morgan fingerprint density at radius 3 is 3.11 bits per heavy atom. The lowest BCUT2D eigenvalue weighted by molar-refractivity contribution is 0.260. The second kappa shape index (κ2) is 4.84. The Morgan fingerprint density at radius 1 is 1.37 bits per heavy atom. The summed E-state index contributed by atoms with van der Waals surface area (Å²) in [6.07, 6.45) is 2.48. The lowest BCUT2D eigenvalue weighted by atomic mass is 10.0. The Kier molecular flexibility index (Phi) is 3.03. The maximum absolute atomic E-state index is 13.7. The van der Waals surface area contributed by atoms with Gasteiger partial charge in [-0.1, -0.05) is 12.1 Å². The van der Waals surface area contributed by atoms with Crippen molar-refractivity contribution in [2.75, 3.05) is 11.9 Å². The smallest absolute Gasteiger partial charge is 0.165 e. The van der Waals surface area contributed by atoms with E-state index in [2.05, 4.69) is 15.3 Å². The molecule has 1 aromatic heterocycles. The van der Waals surface area contributed by atoms with Gasteiger partial charge in [-0.3, -0.25) is 0 Å². The molecule has 0 saturated carbocycles. The normalized spacial score (nSPS) is 17.5. The predicted octanol–water partition coefficient (Wildman–Crippen LogP) is 2.86. The Bertz CT molecular complexity index is 603. The number of nitrogens with one attached hydrogen (secondary N) is 1. The van der Waals surface area contributed by atoms with Crippen molar-refractivity contribution < 1.29 is 9.13 Å². The first-order valence-corrected chi connectivity index (χ1v) is 6.21. The highest BCUT2D eigenvalue weighted by Crippen LogP contribution is 2.35. The summed E-state index contributed by atoms with van der Waals surface area (Å²) in [4.78, 5) is 8.36. The highest BCUT2D eigenvalue weighted by atomic mass is 19.1. The van der Waals surface area contributed by atoms with Crippen LogP contribution in [0.25, 0.3) is 0 Å². The number of ether oxygens (including phenoxy) is 1. The summed E-state index contributed by atoms with van der Waals surface area (Å²) >= 11 is 0. The molecule has 0 bridgehead atoms. The molecule has 1 aliphatic heterocycles. The van der Waals surface area contributed by atoms with Gasteiger partial charge >= 0.3 is 0 Å². The van der Waals surface area contributed by atoms with E-state index < -0.39 is 0 Å². The van der Waals surface area contributed by atoms with Crippen molar-refractivity contribution in [3.05, 3.63) is 47.7 Å². The van der Waals surface area contributed by atoms with Crippen LogP contribution in [-0.4, -0.2) is 16.6 Å². The molecule has 98 valence electrons. The van der Waals surface area contributed by atoms with Gasteiger partial charge < -0.3 is 10.1 Å². The standard InChI is InChI=1S/C14H14FN3O/c1-9-16-7-5-13(17-9)18-12-6-8-19-14-10(12)3-2-4-11(14)15/h2-5,7,12H,6,8H2,1H3,(H,16,17,18)/t12-/m0/s1. The Hall–Kier alpha value is -2.17. The number of aromatic nitrogens is 2. The number of hydrogen-bond acceptors (Lipinski definition) is 4. The number of para-hydroxylation sites is 1. The summed E-state index contributed by atoms with van der Waals surface area (Å²) in [6.45, 7) is 2.33. The quantitative estimate of drug-likeness (QED) is 0.900. The molecule has 0 spiro atoms. The van der Waals surface area contributed by atoms with E-state index in [0.29, 0.717) is 18.2 Å². The van der Waals surface area contributed by atoms with Crippen LogP contribution >= 0.6 is 0 Å². The van der Waals surface area contributed by atoms with E-state index in [1.54, 1.807) is 18.3 Å². The predicted molar refractivity (Wildman–Crippen MR) is 69.6 cm³/mol. The zero-order chi connectivity index (χ0) is 13.2. The van der Waals surface area contributed by atoms with Crippen molar-refractivity contribution in [2.24, 2.45) is 0 Å². The van der Waals surface area contributed by atoms with Crippen LogP contribution < -0.4 is 10.1 Å². The maximum Gasteiger partial charge on any atom is 0.165 e. The molecule has 3 rings (SSSR count). The van der Waals surface area contributed by atoms with Crippen LogP contribution in [0.5, 0.6) is 5.75 Å². The molecule has 4 nitrogen and oxygen atoms in total. The summed E-state index contributed by atoms with van der Waals surface area (Å²) in [5.41, 5.74) is 0.836. The van der Waals surface area contributed by atoms with Gasteiger partial charge in [-0.25, -0.2) is 14.4 Å². The van der Waals surface area contributed by atoms with Crippen LogP contribution in [0.1, 0.15) is 23.9 Å². The monoisotopic (exact) mass is 259 g/mol. The van der Waals surface area contributed by atoms with Crippen molar-refractivity contribution in [1.29, 1.82) is 0 Å². The van der Waals surface area contributed by atoms with Crippen molar-refractivity contribution in [3.63, 3.8) is 0 Å². The van der Waals surface area contributed by atoms with E-state index in [-0.39, 0.29) is 11.9 Å². The lowest BCUT2D eigenvalue weighted by Crippen LogP contribution is -2.21. The first-order valence-electron chi connectivity index (χ1n) is 6.21. The zero-order valence-corrected chi connectivity index (χ0v) is 10.6. The Morgan fingerprint density at radius 2 is 2.26 bits per heavy atom. The van der Waals surface area contributed by atoms with Gasteiger partial charge in [-0.05, 0) is 19.1 Å². The van der Waals surface area contributed by atoms with Crippen LogP contribution in [0.15, 0.2) is 30.5 Å². The topological polar surface area (TPSA) is 47.0 Å². The van der Waals surface area contributed by atoms with Gasteiger partial charge in [-0.15, -0.1) is 0 Å². The molecule has 19 heavy (non-hydrogen) atoms. The minimum atomic E-state index is -0.317. The fraction of sp³-hybridized carbons (Fsp3) is 0.286. The highest BCUT2D eigenvalue weighted by Gasteiger charge is 2.24. The van der Waals surface area contributed by atoms with Gasteiger partial charge in [0.2, 0.25) is 0 Å². The lowest BCUT2D eigenvalue weighted by Gasteiger charge is -2.27. The van der Waals surface area contributed by atoms with Crippen molar-refractivity contribution in [1.82, 2.24) is 9.97 Å². The largest absolute Gasteiger partial charge is 0.490 e. The number of halogens is 1. The van der Waals surface area contributed by atoms with Crippen LogP contribution in [0, 0.1) is 12.7 Å². The molecule has 1 aromatic carbocycles. The molecular formula is C14H14FN3O. The minimum absolute atomic E-state index is 0.00810. The summed E-state index contributed by atoms with van der Waals surface area (Å²) in [5, 5.41) is 3.31. The third kappa shape index (κ3) is 2.36. The number of rotatable bonds is 2. The molecule has 1 atom stereocenters. The number of aryl methyl sites for hydroxylation is 1. The van der Waals surface area contributed by atoms with E-state index >= 15 is 0 Å². The van der Waals surface area contributed by atoms with E-state index in [4.69, 9.17) is 4.74 Å². The molecule has 0 aliphatic carbocycles. The molecule has 0 saturated heterocycles. The van der Waals surface area contributed by atoms with Crippen LogP contribution in [0.4, 0.5) is 10.2 Å². The maximum atomic E-state index is 13.7. The van der Waals surface area contributed by atoms with E-state index in [0.717, 1.165) is 17.8 Å². The Balaban J connectivity index is 1.90. The summed E-state index contributed by atoms with van der Waals surface area (Å²) in [7, 11) is 0. The van der Waals surface area contributed by atoms with Gasteiger partial charge in [0.15, 0.2) is 11.6 Å². The molecule has 0 radical (unpaired) electrons. The van der Waals surface area contributed by atoms with Gasteiger partial charge in [0.25, 0.3) is 0 Å².